The summed E-state index contributed by atoms with van der Waals surface area (Å²) < 4.78 is 1.68. The molecule has 3 rings (SSSR count). The van der Waals surface area contributed by atoms with Crippen molar-refractivity contribution in [1.82, 2.24) is 14.8 Å². The van der Waals surface area contributed by atoms with Crippen molar-refractivity contribution in [2.75, 3.05) is 10.6 Å². The molecule has 1 aromatic heterocycles. The third-order valence-electron chi connectivity index (χ3n) is 3.18. The van der Waals surface area contributed by atoms with E-state index in [0.29, 0.717) is 23.6 Å². The molecule has 0 aliphatic heterocycles. The van der Waals surface area contributed by atoms with Crippen LogP contribution in [0.2, 0.25) is 0 Å². The van der Waals surface area contributed by atoms with Gasteiger partial charge in [-0.05, 0) is 36.4 Å². The van der Waals surface area contributed by atoms with Gasteiger partial charge in [-0.2, -0.15) is 0 Å². The molecule has 1 heterocycles. The van der Waals surface area contributed by atoms with Crippen LogP contribution < -0.4 is 10.6 Å². The number of nitrogens with one attached hydrogen (secondary N) is 2. The maximum atomic E-state index is 12.3. The first-order valence-corrected chi connectivity index (χ1v) is 6.85. The van der Waals surface area contributed by atoms with E-state index in [9.17, 15) is 9.59 Å². The first-order chi connectivity index (χ1) is 11.3. The first kappa shape index (κ1) is 14.5. The predicted octanol–water partition coefficient (Wildman–Crippen LogP) is 2.09. The number of carbonyl (C=O) groups is 2. The number of para-hydroxylation sites is 1. The Labute approximate surface area is 132 Å². The zero-order chi connectivity index (χ0) is 16.1. The maximum Gasteiger partial charge on any atom is 0.258 e. The van der Waals surface area contributed by atoms with Gasteiger partial charge in [0.05, 0.1) is 5.69 Å². The van der Waals surface area contributed by atoms with Crippen molar-refractivity contribution in [2.45, 2.75) is 0 Å². The van der Waals surface area contributed by atoms with E-state index < -0.39 is 0 Å². The van der Waals surface area contributed by atoms with Gasteiger partial charge in [0.1, 0.15) is 6.33 Å². The van der Waals surface area contributed by atoms with E-state index in [0.717, 1.165) is 5.69 Å². The van der Waals surface area contributed by atoms with Gasteiger partial charge in [0.2, 0.25) is 12.4 Å². The van der Waals surface area contributed by atoms with E-state index in [1.165, 1.54) is 6.33 Å². The van der Waals surface area contributed by atoms with Crippen LogP contribution in [0.1, 0.15) is 10.4 Å². The molecule has 7 heteroatoms. The molecule has 3 aromatic rings. The van der Waals surface area contributed by atoms with Crippen molar-refractivity contribution in [2.24, 2.45) is 0 Å². The highest BCUT2D eigenvalue weighted by Crippen LogP contribution is 2.14. The molecule has 7 nitrogen and oxygen atoms in total. The normalized spacial score (nSPS) is 10.1. The zero-order valence-electron chi connectivity index (χ0n) is 12.0. The van der Waals surface area contributed by atoms with Gasteiger partial charge >= 0.3 is 0 Å². The number of amides is 2. The van der Waals surface area contributed by atoms with Crippen molar-refractivity contribution in [3.05, 3.63) is 66.5 Å². The van der Waals surface area contributed by atoms with Crippen LogP contribution in [0.5, 0.6) is 0 Å². The molecule has 0 fully saturated rings. The van der Waals surface area contributed by atoms with Gasteiger partial charge in [0, 0.05) is 11.3 Å². The second-order valence-corrected chi connectivity index (χ2v) is 4.65. The Morgan fingerprint density at radius 2 is 1.78 bits per heavy atom. The average Bonchev–Trinajstić information content (AvgIpc) is 3.05. The topological polar surface area (TPSA) is 88.9 Å². The lowest BCUT2D eigenvalue weighted by Crippen LogP contribution is -2.15. The summed E-state index contributed by atoms with van der Waals surface area (Å²) in [6.07, 6.45) is 2.11. The van der Waals surface area contributed by atoms with Crippen LogP contribution in [0.15, 0.2) is 60.9 Å². The molecule has 23 heavy (non-hydrogen) atoms. The van der Waals surface area contributed by atoms with Gasteiger partial charge in [-0.1, -0.05) is 18.2 Å². The summed E-state index contributed by atoms with van der Waals surface area (Å²) in [5, 5.41) is 13.0. The van der Waals surface area contributed by atoms with E-state index in [4.69, 9.17) is 0 Å². The quantitative estimate of drug-likeness (QED) is 0.706. The van der Waals surface area contributed by atoms with Gasteiger partial charge in [-0.15, -0.1) is 10.2 Å². The molecule has 0 bridgehead atoms. The predicted molar refractivity (Wildman–Crippen MR) is 85.4 cm³/mol. The SMILES string of the molecule is O=CNc1ccc(C(=O)Nc2nncn2-c2ccccc2)cc1. The molecule has 0 saturated carbocycles. The largest absolute Gasteiger partial charge is 0.329 e. The monoisotopic (exact) mass is 307 g/mol. The van der Waals surface area contributed by atoms with Crippen LogP contribution >= 0.6 is 0 Å². The molecular weight excluding hydrogens is 294 g/mol. The smallest absolute Gasteiger partial charge is 0.258 e. The Morgan fingerprint density at radius 1 is 1.04 bits per heavy atom. The van der Waals surface area contributed by atoms with Gasteiger partial charge in [0.25, 0.3) is 5.91 Å². The molecule has 114 valence electrons. The van der Waals surface area contributed by atoms with E-state index in [-0.39, 0.29) is 5.91 Å². The Morgan fingerprint density at radius 3 is 2.48 bits per heavy atom. The fourth-order valence-electron chi connectivity index (χ4n) is 2.06. The molecule has 0 aliphatic rings. The molecule has 0 aliphatic carbocycles. The second-order valence-electron chi connectivity index (χ2n) is 4.65. The summed E-state index contributed by atoms with van der Waals surface area (Å²) >= 11 is 0. The molecule has 2 amide bonds. The van der Waals surface area contributed by atoms with E-state index >= 15 is 0 Å². The number of aromatic nitrogens is 3. The summed E-state index contributed by atoms with van der Waals surface area (Å²) in [5.74, 6) is 0.0177. The van der Waals surface area contributed by atoms with Gasteiger partial charge < -0.3 is 5.32 Å². The Hall–Kier alpha value is -3.48. The van der Waals surface area contributed by atoms with Crippen molar-refractivity contribution in [1.29, 1.82) is 0 Å². The minimum absolute atomic E-state index is 0.312. The number of anilines is 2. The average molecular weight is 307 g/mol. The summed E-state index contributed by atoms with van der Waals surface area (Å²) in [5.41, 5.74) is 1.91. The fraction of sp³-hybridized carbons (Fsp3) is 0. The minimum atomic E-state index is -0.312. The molecule has 0 radical (unpaired) electrons. The Kier molecular flexibility index (Phi) is 4.10. The number of rotatable bonds is 5. The van der Waals surface area contributed by atoms with Crippen LogP contribution in [0.4, 0.5) is 11.6 Å². The standard InChI is InChI=1S/C16H13N5O2/c22-11-17-13-8-6-12(7-9-13)15(23)19-16-20-18-10-21(16)14-4-2-1-3-5-14/h1-11H,(H,17,22)(H,19,20,23). The second kappa shape index (κ2) is 6.52. The highest BCUT2D eigenvalue weighted by Gasteiger charge is 2.11. The van der Waals surface area contributed by atoms with Gasteiger partial charge in [0.15, 0.2) is 0 Å². The van der Waals surface area contributed by atoms with Gasteiger partial charge in [-0.3, -0.25) is 19.5 Å². The number of hydrogen-bond acceptors (Lipinski definition) is 4. The summed E-state index contributed by atoms with van der Waals surface area (Å²) in [6, 6.07) is 16.0. The van der Waals surface area contributed by atoms with Crippen LogP contribution in [0.3, 0.4) is 0 Å². The molecular formula is C16H13N5O2. The van der Waals surface area contributed by atoms with Crippen molar-refractivity contribution in [3.63, 3.8) is 0 Å². The number of carbonyl (C=O) groups excluding carboxylic acids is 2. The van der Waals surface area contributed by atoms with Crippen molar-refractivity contribution < 1.29 is 9.59 Å². The molecule has 2 aromatic carbocycles. The minimum Gasteiger partial charge on any atom is -0.329 e. The summed E-state index contributed by atoms with van der Waals surface area (Å²) in [7, 11) is 0. The van der Waals surface area contributed by atoms with Crippen LogP contribution in [-0.4, -0.2) is 27.1 Å². The molecule has 0 atom stereocenters. The van der Waals surface area contributed by atoms with Crippen LogP contribution in [0, 0.1) is 0 Å². The highest BCUT2D eigenvalue weighted by molar-refractivity contribution is 6.03. The van der Waals surface area contributed by atoms with Crippen molar-refractivity contribution >= 4 is 24.0 Å². The lowest BCUT2D eigenvalue weighted by Gasteiger charge is -2.08. The number of hydrogen-bond donors (Lipinski definition) is 2. The van der Waals surface area contributed by atoms with E-state index in [1.54, 1.807) is 28.8 Å². The molecule has 2 N–H and O–H groups in total. The first-order valence-electron chi connectivity index (χ1n) is 6.85. The fourth-order valence-corrected chi connectivity index (χ4v) is 2.06. The molecule has 0 spiro atoms. The lowest BCUT2D eigenvalue weighted by molar-refractivity contribution is -0.105. The Bertz CT molecular complexity index is 812. The van der Waals surface area contributed by atoms with Crippen LogP contribution in [-0.2, 0) is 4.79 Å². The van der Waals surface area contributed by atoms with E-state index in [1.807, 2.05) is 30.3 Å². The Balaban J connectivity index is 1.78. The number of benzene rings is 2. The maximum absolute atomic E-state index is 12.3. The van der Waals surface area contributed by atoms with E-state index in [2.05, 4.69) is 20.8 Å². The van der Waals surface area contributed by atoms with Crippen LogP contribution in [0.25, 0.3) is 5.69 Å². The molecule has 0 unspecified atom stereocenters. The number of nitrogens with zero attached hydrogens (tertiary/aromatic N) is 3. The van der Waals surface area contributed by atoms with Gasteiger partial charge in [-0.25, -0.2) is 0 Å². The third-order valence-corrected chi connectivity index (χ3v) is 3.18. The lowest BCUT2D eigenvalue weighted by atomic mass is 10.2. The highest BCUT2D eigenvalue weighted by atomic mass is 16.2. The molecule has 0 saturated heterocycles. The third kappa shape index (κ3) is 3.24. The summed E-state index contributed by atoms with van der Waals surface area (Å²) in [6.45, 7) is 0. The van der Waals surface area contributed by atoms with Crippen molar-refractivity contribution in [3.8, 4) is 5.69 Å². The summed E-state index contributed by atoms with van der Waals surface area (Å²) in [4.78, 5) is 22.7. The zero-order valence-corrected chi connectivity index (χ0v) is 12.0.